The monoisotopic (exact) mass is 237 g/mol. The van der Waals surface area contributed by atoms with E-state index in [1.807, 2.05) is 0 Å². The Hall–Kier alpha value is -0.940. The number of amides is 1. The van der Waals surface area contributed by atoms with Gasteiger partial charge in [-0.05, 0) is 18.5 Å². The van der Waals surface area contributed by atoms with Crippen molar-refractivity contribution < 1.29 is 9.18 Å². The highest BCUT2D eigenvalue weighted by Gasteiger charge is 2.13. The number of alkyl halides is 1. The highest BCUT2D eigenvalue weighted by Crippen LogP contribution is 2.19. The van der Waals surface area contributed by atoms with E-state index < -0.39 is 12.1 Å². The van der Waals surface area contributed by atoms with E-state index in [0.717, 1.165) is 6.92 Å². The zero-order valence-electron chi connectivity index (χ0n) is 7.09. The maximum Gasteiger partial charge on any atom is 0.258 e. The Bertz CT molecular complexity index is 359. The number of carbonyl (C=O) groups is 1. The highest BCUT2D eigenvalue weighted by molar-refractivity contribution is 6.34. The van der Waals surface area contributed by atoms with Crippen LogP contribution in [-0.4, -0.2) is 22.0 Å². The van der Waals surface area contributed by atoms with E-state index in [0.29, 0.717) is 0 Å². The first-order chi connectivity index (χ1) is 6.50. The number of anilines is 1. The van der Waals surface area contributed by atoms with Gasteiger partial charge < -0.3 is 5.32 Å². The number of halogens is 3. The molecule has 0 aromatic carbocycles. The van der Waals surface area contributed by atoms with Crippen LogP contribution in [0.5, 0.6) is 0 Å². The molecule has 1 unspecified atom stereocenters. The van der Waals surface area contributed by atoms with Gasteiger partial charge in [-0.15, -0.1) is 0 Å². The summed E-state index contributed by atoms with van der Waals surface area (Å²) >= 11 is 11.0. The summed E-state index contributed by atoms with van der Waals surface area (Å²) < 4.78 is 12.5. The molecule has 0 spiro atoms. The summed E-state index contributed by atoms with van der Waals surface area (Å²) in [5.41, 5.74) is 0.130. The largest absolute Gasteiger partial charge is 0.320 e. The van der Waals surface area contributed by atoms with Gasteiger partial charge in [-0.1, -0.05) is 11.6 Å². The van der Waals surface area contributed by atoms with E-state index in [-0.39, 0.29) is 16.1 Å². The van der Waals surface area contributed by atoms with E-state index >= 15 is 0 Å². The van der Waals surface area contributed by atoms with Crippen molar-refractivity contribution in [2.24, 2.45) is 0 Å². The Morgan fingerprint density at radius 2 is 2.29 bits per heavy atom. The maximum absolute atomic E-state index is 12.5. The molecule has 0 saturated carbocycles. The van der Waals surface area contributed by atoms with Crippen LogP contribution in [-0.2, 0) is 4.79 Å². The Labute approximate surface area is 89.4 Å². The summed E-state index contributed by atoms with van der Waals surface area (Å²) in [7, 11) is 0. The Morgan fingerprint density at radius 1 is 1.64 bits per heavy atom. The van der Waals surface area contributed by atoms with Crippen molar-refractivity contribution >= 4 is 34.8 Å². The minimum absolute atomic E-state index is 0.0287. The fourth-order valence-corrected chi connectivity index (χ4v) is 1.01. The van der Waals surface area contributed by atoms with Gasteiger partial charge in [0.15, 0.2) is 11.3 Å². The number of hydrogen-bond donors (Lipinski definition) is 1. The van der Waals surface area contributed by atoms with Crippen LogP contribution in [0, 0.1) is 0 Å². The quantitative estimate of drug-likeness (QED) is 0.633. The molecule has 1 N–H and O–H groups in total. The zero-order valence-corrected chi connectivity index (χ0v) is 8.60. The molecule has 0 bridgehead atoms. The average molecular weight is 238 g/mol. The third-order valence-corrected chi connectivity index (χ3v) is 1.80. The molecule has 1 amide bonds. The number of nitrogens with zero attached hydrogens (tertiary/aromatic N) is 2. The zero-order chi connectivity index (χ0) is 10.7. The molecule has 1 atom stereocenters. The van der Waals surface area contributed by atoms with Crippen LogP contribution in [0.4, 0.5) is 10.1 Å². The van der Waals surface area contributed by atoms with E-state index in [9.17, 15) is 9.18 Å². The minimum atomic E-state index is -1.62. The summed E-state index contributed by atoms with van der Waals surface area (Å²) in [5.74, 6) is -0.808. The fraction of sp³-hybridized carbons (Fsp3) is 0.286. The van der Waals surface area contributed by atoms with Gasteiger partial charge in [0.1, 0.15) is 0 Å². The molecule has 14 heavy (non-hydrogen) atoms. The van der Waals surface area contributed by atoms with Gasteiger partial charge >= 0.3 is 0 Å². The Morgan fingerprint density at radius 3 is 2.79 bits per heavy atom. The van der Waals surface area contributed by atoms with E-state index in [4.69, 9.17) is 23.2 Å². The van der Waals surface area contributed by atoms with Crippen LogP contribution >= 0.6 is 23.2 Å². The normalized spacial score (nSPS) is 12.3. The fourth-order valence-electron chi connectivity index (χ4n) is 0.657. The molecular weight excluding hydrogens is 232 g/mol. The van der Waals surface area contributed by atoms with Crippen LogP contribution in [0.25, 0.3) is 0 Å². The smallest absolute Gasteiger partial charge is 0.258 e. The molecule has 7 heteroatoms. The second kappa shape index (κ2) is 4.52. The highest BCUT2D eigenvalue weighted by atomic mass is 35.5. The predicted molar refractivity (Wildman–Crippen MR) is 51.3 cm³/mol. The molecule has 1 aromatic heterocycles. The predicted octanol–water partition coefficient (Wildman–Crippen LogP) is 2.08. The molecule has 0 aliphatic heterocycles. The number of carbonyl (C=O) groups excluding carboxylic acids is 1. The van der Waals surface area contributed by atoms with Crippen LogP contribution in [0.15, 0.2) is 6.20 Å². The minimum Gasteiger partial charge on any atom is -0.320 e. The van der Waals surface area contributed by atoms with Crippen molar-refractivity contribution in [1.29, 1.82) is 0 Å². The molecule has 76 valence electrons. The molecule has 1 aromatic rings. The first-order valence-electron chi connectivity index (χ1n) is 3.63. The average Bonchev–Trinajstić information content (AvgIpc) is 2.09. The number of rotatable bonds is 2. The summed E-state index contributed by atoms with van der Waals surface area (Å²) in [6.07, 6.45) is -0.417. The van der Waals surface area contributed by atoms with Gasteiger partial charge in [-0.3, -0.25) is 4.79 Å². The summed E-state index contributed by atoms with van der Waals surface area (Å²) in [5, 5.41) is 2.14. The molecule has 0 aliphatic carbocycles. The standard InChI is InChI=1S/C7H6Cl2FN3O/c1-3(10)6(14)12-4-2-11-7(9)13-5(4)8/h2-3H,1H3,(H,12,14). The molecule has 0 fully saturated rings. The SMILES string of the molecule is CC(F)C(=O)Nc1cnc(Cl)nc1Cl. The lowest BCUT2D eigenvalue weighted by Crippen LogP contribution is -2.21. The van der Waals surface area contributed by atoms with Gasteiger partial charge in [0.05, 0.1) is 11.9 Å². The molecule has 0 saturated heterocycles. The second-order valence-electron chi connectivity index (χ2n) is 2.45. The lowest BCUT2D eigenvalue weighted by atomic mass is 10.4. The summed E-state index contributed by atoms with van der Waals surface area (Å²) in [6, 6.07) is 0. The maximum atomic E-state index is 12.5. The van der Waals surface area contributed by atoms with Crippen molar-refractivity contribution in [3.63, 3.8) is 0 Å². The topological polar surface area (TPSA) is 54.9 Å². The first kappa shape index (κ1) is 11.1. The number of aromatic nitrogens is 2. The van der Waals surface area contributed by atoms with Crippen LogP contribution in [0.3, 0.4) is 0 Å². The Kier molecular flexibility index (Phi) is 3.60. The van der Waals surface area contributed by atoms with Gasteiger partial charge in [0.25, 0.3) is 5.91 Å². The van der Waals surface area contributed by atoms with Crippen LogP contribution in [0.1, 0.15) is 6.92 Å². The molecular formula is C7H6Cl2FN3O. The first-order valence-corrected chi connectivity index (χ1v) is 4.39. The third-order valence-electron chi connectivity index (χ3n) is 1.33. The molecule has 1 rings (SSSR count). The van der Waals surface area contributed by atoms with Crippen molar-refractivity contribution in [3.8, 4) is 0 Å². The van der Waals surface area contributed by atoms with Gasteiger partial charge in [-0.25, -0.2) is 14.4 Å². The van der Waals surface area contributed by atoms with E-state index in [1.54, 1.807) is 0 Å². The summed E-state index contributed by atoms with van der Waals surface area (Å²) in [6.45, 7) is 1.11. The van der Waals surface area contributed by atoms with Gasteiger partial charge in [0, 0.05) is 0 Å². The number of hydrogen-bond acceptors (Lipinski definition) is 3. The van der Waals surface area contributed by atoms with Crippen molar-refractivity contribution in [3.05, 3.63) is 16.6 Å². The van der Waals surface area contributed by atoms with Crippen molar-refractivity contribution in [2.75, 3.05) is 5.32 Å². The van der Waals surface area contributed by atoms with Gasteiger partial charge in [-0.2, -0.15) is 0 Å². The lowest BCUT2D eigenvalue weighted by molar-refractivity contribution is -0.120. The van der Waals surface area contributed by atoms with Crippen molar-refractivity contribution in [2.45, 2.75) is 13.1 Å². The second-order valence-corrected chi connectivity index (χ2v) is 3.14. The third kappa shape index (κ3) is 2.78. The van der Waals surface area contributed by atoms with Crippen LogP contribution < -0.4 is 5.32 Å². The molecule has 0 aliphatic rings. The lowest BCUT2D eigenvalue weighted by Gasteiger charge is -2.06. The van der Waals surface area contributed by atoms with E-state index in [1.165, 1.54) is 6.20 Å². The molecule has 4 nitrogen and oxygen atoms in total. The summed E-state index contributed by atoms with van der Waals surface area (Å²) in [4.78, 5) is 18.1. The molecule has 1 heterocycles. The number of nitrogens with one attached hydrogen (secondary N) is 1. The van der Waals surface area contributed by atoms with Crippen molar-refractivity contribution in [1.82, 2.24) is 9.97 Å². The molecule has 0 radical (unpaired) electrons. The van der Waals surface area contributed by atoms with Gasteiger partial charge in [0.2, 0.25) is 5.28 Å². The van der Waals surface area contributed by atoms with Crippen LogP contribution in [0.2, 0.25) is 10.4 Å². The van der Waals surface area contributed by atoms with E-state index in [2.05, 4.69) is 15.3 Å². The Balaban J connectivity index is 2.82.